The van der Waals surface area contributed by atoms with Gasteiger partial charge in [-0.2, -0.15) is 4.98 Å². The molecule has 1 atom stereocenters. The van der Waals surface area contributed by atoms with Crippen LogP contribution in [0.3, 0.4) is 0 Å². The zero-order chi connectivity index (χ0) is 25.3. The van der Waals surface area contributed by atoms with Crippen LogP contribution in [0.2, 0.25) is 0 Å². The Balaban J connectivity index is 1.35. The molecule has 1 unspecified atom stereocenters. The number of ether oxygens (including phenoxy) is 3. The third kappa shape index (κ3) is 4.74. The van der Waals surface area contributed by atoms with Crippen molar-refractivity contribution >= 4 is 5.91 Å². The first-order chi connectivity index (χ1) is 17.3. The predicted molar refractivity (Wildman–Crippen MR) is 129 cm³/mol. The van der Waals surface area contributed by atoms with Crippen molar-refractivity contribution in [1.82, 2.24) is 20.6 Å². The van der Waals surface area contributed by atoms with E-state index in [-0.39, 0.29) is 11.6 Å². The molecule has 0 bridgehead atoms. The van der Waals surface area contributed by atoms with Crippen molar-refractivity contribution in [1.29, 1.82) is 0 Å². The lowest BCUT2D eigenvalue weighted by Gasteiger charge is -2.27. The summed E-state index contributed by atoms with van der Waals surface area (Å²) in [5.41, 5.74) is 1.19. The minimum absolute atomic E-state index is 0.129. The van der Waals surface area contributed by atoms with E-state index in [1.807, 2.05) is 51.1 Å². The van der Waals surface area contributed by atoms with Crippen LogP contribution in [0.4, 0.5) is 0 Å². The van der Waals surface area contributed by atoms with Gasteiger partial charge in [0.15, 0.2) is 23.0 Å². The molecule has 10 heteroatoms. The van der Waals surface area contributed by atoms with Crippen LogP contribution in [-0.4, -0.2) is 41.5 Å². The second kappa shape index (κ2) is 9.37. The van der Waals surface area contributed by atoms with Gasteiger partial charge in [-0.15, -0.1) is 0 Å². The zero-order valence-corrected chi connectivity index (χ0v) is 20.4. The maximum atomic E-state index is 13.1. The third-order valence-electron chi connectivity index (χ3n) is 5.75. The summed E-state index contributed by atoms with van der Waals surface area (Å²) < 4.78 is 27.4. The molecule has 2 aromatic carbocycles. The molecule has 10 nitrogen and oxygen atoms in total. The van der Waals surface area contributed by atoms with Crippen LogP contribution < -0.4 is 19.5 Å². The fourth-order valence-corrected chi connectivity index (χ4v) is 3.78. The molecule has 0 spiro atoms. The van der Waals surface area contributed by atoms with E-state index in [0.717, 1.165) is 16.9 Å². The molecular formula is C26H26N4O6. The highest BCUT2D eigenvalue weighted by molar-refractivity contribution is 5.93. The minimum Gasteiger partial charge on any atom is -0.497 e. The lowest BCUT2D eigenvalue weighted by atomic mass is 9.86. The molecule has 36 heavy (non-hydrogen) atoms. The van der Waals surface area contributed by atoms with Gasteiger partial charge < -0.3 is 28.6 Å². The molecule has 0 saturated carbocycles. The molecule has 1 aliphatic rings. The van der Waals surface area contributed by atoms with Crippen molar-refractivity contribution in [3.05, 3.63) is 60.1 Å². The van der Waals surface area contributed by atoms with Crippen molar-refractivity contribution < 1.29 is 28.1 Å². The van der Waals surface area contributed by atoms with Crippen molar-refractivity contribution in [2.75, 3.05) is 20.3 Å². The molecule has 0 radical (unpaired) electrons. The van der Waals surface area contributed by atoms with Gasteiger partial charge in [0.1, 0.15) is 25.0 Å². The summed E-state index contributed by atoms with van der Waals surface area (Å²) in [5.74, 6) is 2.74. The second-order valence-corrected chi connectivity index (χ2v) is 9.39. The number of hydrogen-bond donors (Lipinski definition) is 1. The predicted octanol–water partition coefficient (Wildman–Crippen LogP) is 4.69. The van der Waals surface area contributed by atoms with Gasteiger partial charge >= 0.3 is 0 Å². The molecule has 5 rings (SSSR count). The van der Waals surface area contributed by atoms with E-state index in [0.29, 0.717) is 36.3 Å². The Kier molecular flexibility index (Phi) is 6.09. The average molecular weight is 491 g/mol. The number of benzene rings is 2. The van der Waals surface area contributed by atoms with Crippen LogP contribution in [0.15, 0.2) is 57.6 Å². The number of aromatic nitrogens is 3. The van der Waals surface area contributed by atoms with E-state index in [2.05, 4.69) is 20.6 Å². The van der Waals surface area contributed by atoms with E-state index >= 15 is 0 Å². The number of hydrogen-bond acceptors (Lipinski definition) is 9. The maximum Gasteiger partial charge on any atom is 0.274 e. The first kappa shape index (κ1) is 23.4. The molecule has 0 saturated heterocycles. The summed E-state index contributed by atoms with van der Waals surface area (Å²) in [6, 6.07) is 13.8. The Morgan fingerprint density at radius 3 is 2.39 bits per heavy atom. The Bertz CT molecular complexity index is 1370. The number of methoxy groups -OCH3 is 1. The quantitative estimate of drug-likeness (QED) is 0.410. The normalized spacial score (nSPS) is 13.8. The fourth-order valence-electron chi connectivity index (χ4n) is 3.78. The van der Waals surface area contributed by atoms with Gasteiger partial charge in [-0.25, -0.2) is 0 Å². The Hall–Kier alpha value is -4.34. The highest BCUT2D eigenvalue weighted by atomic mass is 16.6. The number of carbonyl (C=O) groups excluding carboxylic acids is 1. The van der Waals surface area contributed by atoms with Crippen LogP contribution in [0.25, 0.3) is 22.7 Å². The fraction of sp³-hybridized carbons (Fsp3) is 0.308. The molecule has 2 aromatic heterocycles. The monoisotopic (exact) mass is 490 g/mol. The smallest absolute Gasteiger partial charge is 0.274 e. The van der Waals surface area contributed by atoms with Crippen LogP contribution in [0.5, 0.6) is 17.2 Å². The second-order valence-electron chi connectivity index (χ2n) is 9.39. The average Bonchev–Trinajstić information content (AvgIpc) is 3.57. The molecule has 186 valence electrons. The lowest BCUT2D eigenvalue weighted by Crippen LogP contribution is -2.37. The van der Waals surface area contributed by atoms with Crippen molar-refractivity contribution in [2.45, 2.75) is 26.8 Å². The van der Waals surface area contributed by atoms with E-state index in [4.69, 9.17) is 23.3 Å². The van der Waals surface area contributed by atoms with Gasteiger partial charge in [-0.05, 0) is 47.9 Å². The summed E-state index contributed by atoms with van der Waals surface area (Å²) in [6.45, 7) is 6.90. The summed E-state index contributed by atoms with van der Waals surface area (Å²) in [7, 11) is 1.60. The van der Waals surface area contributed by atoms with Crippen molar-refractivity contribution in [3.63, 3.8) is 0 Å². The lowest BCUT2D eigenvalue weighted by molar-refractivity contribution is 0.0871. The first-order valence-corrected chi connectivity index (χ1v) is 11.5. The van der Waals surface area contributed by atoms with Crippen molar-refractivity contribution in [3.8, 4) is 40.0 Å². The highest BCUT2D eigenvalue weighted by Gasteiger charge is 2.34. The Labute approximate surface area is 207 Å². The molecule has 0 fully saturated rings. The van der Waals surface area contributed by atoms with Gasteiger partial charge in [0, 0.05) is 17.2 Å². The van der Waals surface area contributed by atoms with E-state index in [1.165, 1.54) is 0 Å². The van der Waals surface area contributed by atoms with Gasteiger partial charge in [0.2, 0.25) is 11.7 Å². The SMILES string of the molecule is COc1ccc(-c2noc(C(NC(=O)c3cc(-c4ccc5c(c4)OCCO5)on3)C(C)(C)C)n2)cc1. The molecule has 1 amide bonds. The number of nitrogens with zero attached hydrogens (tertiary/aromatic N) is 3. The number of carbonyl (C=O) groups is 1. The van der Waals surface area contributed by atoms with E-state index in [1.54, 1.807) is 25.3 Å². The van der Waals surface area contributed by atoms with Gasteiger partial charge in [0.05, 0.1) is 7.11 Å². The number of nitrogens with one attached hydrogen (secondary N) is 1. The van der Waals surface area contributed by atoms with E-state index < -0.39 is 17.4 Å². The van der Waals surface area contributed by atoms with Gasteiger partial charge in [0.25, 0.3) is 5.91 Å². The summed E-state index contributed by atoms with van der Waals surface area (Å²) >= 11 is 0. The van der Waals surface area contributed by atoms with E-state index in [9.17, 15) is 4.79 Å². The standard InChI is InChI=1S/C26H26N4O6/c1-26(2,3)22(25-28-23(30-36-25)15-5-8-17(32-4)9-6-15)27-24(31)18-14-20(35-29-18)16-7-10-19-21(13-16)34-12-11-33-19/h5-10,13-14,22H,11-12H2,1-4H3,(H,27,31). The number of fused-ring (bicyclic) bond motifs is 1. The van der Waals surface area contributed by atoms with Crippen LogP contribution >= 0.6 is 0 Å². The molecular weight excluding hydrogens is 464 g/mol. The summed E-state index contributed by atoms with van der Waals surface area (Å²) in [6.07, 6.45) is 0. The first-order valence-electron chi connectivity index (χ1n) is 11.5. The van der Waals surface area contributed by atoms with Gasteiger partial charge in [-0.1, -0.05) is 31.1 Å². The molecule has 1 aliphatic heterocycles. The van der Waals surface area contributed by atoms with Crippen LogP contribution in [-0.2, 0) is 0 Å². The summed E-state index contributed by atoms with van der Waals surface area (Å²) in [4.78, 5) is 17.7. The maximum absolute atomic E-state index is 13.1. The van der Waals surface area contributed by atoms with Gasteiger partial charge in [-0.3, -0.25) is 4.79 Å². The Morgan fingerprint density at radius 1 is 0.944 bits per heavy atom. The molecule has 3 heterocycles. The third-order valence-corrected chi connectivity index (χ3v) is 5.75. The van der Waals surface area contributed by atoms with Crippen LogP contribution in [0.1, 0.15) is 43.2 Å². The zero-order valence-electron chi connectivity index (χ0n) is 20.4. The number of rotatable bonds is 6. The number of amides is 1. The molecule has 1 N–H and O–H groups in total. The van der Waals surface area contributed by atoms with Crippen molar-refractivity contribution in [2.24, 2.45) is 5.41 Å². The minimum atomic E-state index is -0.570. The van der Waals surface area contributed by atoms with Crippen LogP contribution in [0, 0.1) is 5.41 Å². The molecule has 4 aromatic rings. The summed E-state index contributed by atoms with van der Waals surface area (Å²) in [5, 5.41) is 11.0. The topological polar surface area (TPSA) is 122 Å². The highest BCUT2D eigenvalue weighted by Crippen LogP contribution is 2.36. The molecule has 0 aliphatic carbocycles. The largest absolute Gasteiger partial charge is 0.497 e. The Morgan fingerprint density at radius 2 is 1.67 bits per heavy atom.